The van der Waals surface area contributed by atoms with Crippen molar-refractivity contribution < 1.29 is 0 Å². The molecule has 5 atom stereocenters. The molecule has 122 valence electrons. The van der Waals surface area contributed by atoms with Crippen LogP contribution in [-0.2, 0) is 12.8 Å². The van der Waals surface area contributed by atoms with Gasteiger partial charge in [-0.2, -0.15) is 5.26 Å². The molecule has 0 amide bonds. The zero-order chi connectivity index (χ0) is 15.8. The lowest BCUT2D eigenvalue weighted by Gasteiger charge is -2.44. The minimum absolute atomic E-state index is 0.832. The molecule has 0 bridgehead atoms. The summed E-state index contributed by atoms with van der Waals surface area (Å²) in [4.78, 5) is 0. The topological polar surface area (TPSA) is 23.8 Å². The molecule has 1 heteroatoms. The van der Waals surface area contributed by atoms with Crippen LogP contribution >= 0.6 is 0 Å². The van der Waals surface area contributed by atoms with Gasteiger partial charge in [0.2, 0.25) is 0 Å². The number of nitriles is 1. The molecule has 0 radical (unpaired) electrons. The molecule has 5 unspecified atom stereocenters. The SMILES string of the molecule is CC1CCC2CC(C3CCc4cc(C#N)ccc4C3)CCC2C1. The van der Waals surface area contributed by atoms with Crippen LogP contribution in [0.4, 0.5) is 0 Å². The number of benzene rings is 1. The largest absolute Gasteiger partial charge is 0.192 e. The lowest BCUT2D eigenvalue weighted by molar-refractivity contribution is 0.0757. The molecule has 3 aliphatic carbocycles. The fraction of sp³-hybridized carbons (Fsp3) is 0.682. The molecule has 0 heterocycles. The molecule has 0 N–H and O–H groups in total. The Bertz CT molecular complexity index is 611. The van der Waals surface area contributed by atoms with Crippen LogP contribution in [0, 0.1) is 40.9 Å². The molecule has 0 aromatic heterocycles. The van der Waals surface area contributed by atoms with Crippen molar-refractivity contribution in [2.24, 2.45) is 29.6 Å². The second-order valence-corrected chi connectivity index (χ2v) is 8.61. The predicted octanol–water partition coefficient (Wildman–Crippen LogP) is 5.52. The number of hydrogen-bond acceptors (Lipinski definition) is 1. The van der Waals surface area contributed by atoms with Crippen LogP contribution in [0.2, 0.25) is 0 Å². The first-order valence-corrected chi connectivity index (χ1v) is 9.75. The summed E-state index contributed by atoms with van der Waals surface area (Å²) in [6.07, 6.45) is 12.8. The molecule has 1 aromatic rings. The Hall–Kier alpha value is -1.29. The molecule has 2 fully saturated rings. The highest BCUT2D eigenvalue weighted by Crippen LogP contribution is 2.48. The monoisotopic (exact) mass is 307 g/mol. The van der Waals surface area contributed by atoms with Gasteiger partial charge in [0.05, 0.1) is 11.6 Å². The summed E-state index contributed by atoms with van der Waals surface area (Å²) in [6.45, 7) is 2.45. The second kappa shape index (κ2) is 6.31. The summed E-state index contributed by atoms with van der Waals surface area (Å²) < 4.78 is 0. The van der Waals surface area contributed by atoms with E-state index in [9.17, 15) is 0 Å². The van der Waals surface area contributed by atoms with Crippen molar-refractivity contribution in [3.8, 4) is 6.07 Å². The Morgan fingerprint density at radius 3 is 2.43 bits per heavy atom. The van der Waals surface area contributed by atoms with Gasteiger partial charge < -0.3 is 0 Å². The molecule has 1 nitrogen and oxygen atoms in total. The zero-order valence-corrected chi connectivity index (χ0v) is 14.4. The van der Waals surface area contributed by atoms with Gasteiger partial charge in [-0.1, -0.05) is 19.4 Å². The van der Waals surface area contributed by atoms with Crippen LogP contribution in [0.1, 0.15) is 68.6 Å². The van der Waals surface area contributed by atoms with Gasteiger partial charge in [0.1, 0.15) is 0 Å². The third kappa shape index (κ3) is 3.06. The van der Waals surface area contributed by atoms with Crippen LogP contribution in [0.25, 0.3) is 0 Å². The number of nitrogens with zero attached hydrogens (tertiary/aromatic N) is 1. The number of rotatable bonds is 1. The van der Waals surface area contributed by atoms with Crippen LogP contribution in [0.15, 0.2) is 18.2 Å². The Kier molecular flexibility index (Phi) is 4.18. The summed E-state index contributed by atoms with van der Waals surface area (Å²) in [7, 11) is 0. The van der Waals surface area contributed by atoms with Crippen LogP contribution < -0.4 is 0 Å². The summed E-state index contributed by atoms with van der Waals surface area (Å²) in [6, 6.07) is 8.66. The van der Waals surface area contributed by atoms with Gasteiger partial charge in [-0.15, -0.1) is 0 Å². The van der Waals surface area contributed by atoms with E-state index in [4.69, 9.17) is 5.26 Å². The number of aryl methyl sites for hydroxylation is 1. The summed E-state index contributed by atoms with van der Waals surface area (Å²) in [5.74, 6) is 4.92. The van der Waals surface area contributed by atoms with Crippen molar-refractivity contribution in [2.45, 2.75) is 64.7 Å². The highest BCUT2D eigenvalue weighted by Gasteiger charge is 2.37. The van der Waals surface area contributed by atoms with E-state index in [1.165, 1.54) is 68.9 Å². The van der Waals surface area contributed by atoms with E-state index < -0.39 is 0 Å². The molecular formula is C22H29N. The highest BCUT2D eigenvalue weighted by molar-refractivity contribution is 5.39. The predicted molar refractivity (Wildman–Crippen MR) is 94.0 cm³/mol. The smallest absolute Gasteiger partial charge is 0.0991 e. The molecule has 4 rings (SSSR count). The van der Waals surface area contributed by atoms with Gasteiger partial charge in [0.25, 0.3) is 0 Å². The van der Waals surface area contributed by atoms with Crippen molar-refractivity contribution in [2.75, 3.05) is 0 Å². The van der Waals surface area contributed by atoms with Gasteiger partial charge in [0, 0.05) is 0 Å². The first kappa shape index (κ1) is 15.3. The van der Waals surface area contributed by atoms with E-state index in [2.05, 4.69) is 25.1 Å². The lowest BCUT2D eigenvalue weighted by Crippen LogP contribution is -2.34. The maximum absolute atomic E-state index is 9.07. The fourth-order valence-electron chi connectivity index (χ4n) is 5.84. The molecular weight excluding hydrogens is 278 g/mol. The van der Waals surface area contributed by atoms with E-state index in [0.717, 1.165) is 35.2 Å². The van der Waals surface area contributed by atoms with Crippen molar-refractivity contribution >= 4 is 0 Å². The minimum Gasteiger partial charge on any atom is -0.192 e. The van der Waals surface area contributed by atoms with Crippen LogP contribution in [0.3, 0.4) is 0 Å². The minimum atomic E-state index is 0.832. The van der Waals surface area contributed by atoms with Gasteiger partial charge in [0.15, 0.2) is 0 Å². The van der Waals surface area contributed by atoms with Gasteiger partial charge in [-0.3, -0.25) is 0 Å². The molecule has 1 aromatic carbocycles. The van der Waals surface area contributed by atoms with Crippen molar-refractivity contribution in [3.63, 3.8) is 0 Å². The third-order valence-electron chi connectivity index (χ3n) is 7.18. The van der Waals surface area contributed by atoms with E-state index in [1.807, 2.05) is 6.07 Å². The first-order valence-electron chi connectivity index (χ1n) is 9.75. The third-order valence-corrected chi connectivity index (χ3v) is 7.18. The Labute approximate surface area is 141 Å². The van der Waals surface area contributed by atoms with Crippen molar-refractivity contribution in [3.05, 3.63) is 34.9 Å². The van der Waals surface area contributed by atoms with Crippen molar-refractivity contribution in [1.82, 2.24) is 0 Å². The average molecular weight is 307 g/mol. The van der Waals surface area contributed by atoms with E-state index >= 15 is 0 Å². The van der Waals surface area contributed by atoms with E-state index in [0.29, 0.717) is 0 Å². The lowest BCUT2D eigenvalue weighted by atomic mass is 9.61. The standard InChI is InChI=1S/C22H29N/c1-15-2-4-19-12-21(8-6-17(19)10-15)22-9-7-18-11-16(14-23)3-5-20(18)13-22/h3,5,11,15,17,19,21-22H,2,4,6-10,12-13H2,1H3. The molecule has 3 aliphatic rings. The molecule has 2 saturated carbocycles. The molecule has 23 heavy (non-hydrogen) atoms. The summed E-state index contributed by atoms with van der Waals surface area (Å²) >= 11 is 0. The first-order chi connectivity index (χ1) is 11.2. The van der Waals surface area contributed by atoms with Gasteiger partial charge >= 0.3 is 0 Å². The zero-order valence-electron chi connectivity index (χ0n) is 14.4. The second-order valence-electron chi connectivity index (χ2n) is 8.61. The van der Waals surface area contributed by atoms with Gasteiger partial charge in [-0.25, -0.2) is 0 Å². The number of hydrogen-bond donors (Lipinski definition) is 0. The molecule has 0 spiro atoms. The normalized spacial score (nSPS) is 36.6. The quantitative estimate of drug-likeness (QED) is 0.670. The highest BCUT2D eigenvalue weighted by atomic mass is 14.4. The fourth-order valence-corrected chi connectivity index (χ4v) is 5.84. The van der Waals surface area contributed by atoms with E-state index in [1.54, 1.807) is 0 Å². The summed E-state index contributed by atoms with van der Waals surface area (Å²) in [5, 5.41) is 9.07. The van der Waals surface area contributed by atoms with Crippen LogP contribution in [-0.4, -0.2) is 0 Å². The molecule has 0 saturated heterocycles. The average Bonchev–Trinajstić information content (AvgIpc) is 2.60. The Morgan fingerprint density at radius 2 is 1.61 bits per heavy atom. The number of fused-ring (bicyclic) bond motifs is 2. The summed E-state index contributed by atoms with van der Waals surface area (Å²) in [5.41, 5.74) is 3.80. The Balaban J connectivity index is 1.43. The van der Waals surface area contributed by atoms with Gasteiger partial charge in [-0.05, 0) is 104 Å². The van der Waals surface area contributed by atoms with Crippen LogP contribution in [0.5, 0.6) is 0 Å². The maximum atomic E-state index is 9.07. The van der Waals surface area contributed by atoms with Crippen molar-refractivity contribution in [1.29, 1.82) is 5.26 Å². The maximum Gasteiger partial charge on any atom is 0.0991 e. The van der Waals surface area contributed by atoms with E-state index in [-0.39, 0.29) is 0 Å². The molecule has 0 aliphatic heterocycles. The Morgan fingerprint density at radius 1 is 0.870 bits per heavy atom.